The van der Waals surface area contributed by atoms with Crippen molar-refractivity contribution in [1.82, 2.24) is 14.5 Å². The van der Waals surface area contributed by atoms with E-state index >= 15 is 0 Å². The van der Waals surface area contributed by atoms with Crippen LogP contribution in [-0.2, 0) is 0 Å². The van der Waals surface area contributed by atoms with E-state index < -0.39 is 0 Å². The Balaban J connectivity index is 1.37. The molecule has 168 valence electrons. The van der Waals surface area contributed by atoms with Gasteiger partial charge in [0.2, 0.25) is 5.88 Å². The molecule has 3 aromatic heterocycles. The molecule has 0 aliphatic carbocycles. The van der Waals surface area contributed by atoms with E-state index in [0.717, 1.165) is 46.8 Å². The summed E-state index contributed by atoms with van der Waals surface area (Å²) in [5.41, 5.74) is 5.71. The minimum atomic E-state index is 0.581. The predicted molar refractivity (Wildman–Crippen MR) is 141 cm³/mol. The molecule has 5 nitrogen and oxygen atoms in total. The van der Waals surface area contributed by atoms with E-state index in [-0.39, 0.29) is 0 Å². The second kappa shape index (κ2) is 7.99. The Morgan fingerprint density at radius 1 is 0.629 bits per heavy atom. The number of ether oxygens (including phenoxy) is 1. The summed E-state index contributed by atoms with van der Waals surface area (Å²) in [5.74, 6) is 2.28. The maximum absolute atomic E-state index is 5.98. The van der Waals surface area contributed by atoms with Gasteiger partial charge in [0.25, 0.3) is 0 Å². The van der Waals surface area contributed by atoms with Crippen molar-refractivity contribution in [3.8, 4) is 28.6 Å². The van der Waals surface area contributed by atoms with E-state index in [2.05, 4.69) is 81.2 Å². The summed E-state index contributed by atoms with van der Waals surface area (Å²) in [4.78, 5) is 11.4. The quantitative estimate of drug-likeness (QED) is 0.267. The topological polar surface area (TPSA) is 43.0 Å². The van der Waals surface area contributed by atoms with Crippen molar-refractivity contribution in [1.29, 1.82) is 0 Å². The van der Waals surface area contributed by atoms with Gasteiger partial charge in [-0.3, -0.25) is 4.57 Å². The molecule has 0 bridgehead atoms. The van der Waals surface area contributed by atoms with E-state index in [0.29, 0.717) is 5.88 Å². The molecule has 5 heteroatoms. The first-order valence-electron chi connectivity index (χ1n) is 11.8. The first-order chi connectivity index (χ1) is 17.3. The number of fused-ring (bicyclic) bond motifs is 3. The normalized spacial score (nSPS) is 12.9. The van der Waals surface area contributed by atoms with Crippen molar-refractivity contribution in [3.05, 3.63) is 109 Å². The number of pyridine rings is 2. The summed E-state index contributed by atoms with van der Waals surface area (Å²) >= 11 is 0. The molecule has 0 atom stereocenters. The first kappa shape index (κ1) is 19.8. The zero-order valence-electron chi connectivity index (χ0n) is 19.0. The van der Waals surface area contributed by atoms with Crippen LogP contribution in [0, 0.1) is 0 Å². The molecule has 3 aromatic carbocycles. The minimum Gasteiger partial charge on any atom is -0.439 e. The third-order valence-electron chi connectivity index (χ3n) is 6.47. The molecule has 7 rings (SSSR count). The average Bonchev–Trinajstić information content (AvgIpc) is 3.71. The number of para-hydroxylation sites is 1. The van der Waals surface area contributed by atoms with Crippen LogP contribution in [0.2, 0.25) is 0 Å². The first-order valence-corrected chi connectivity index (χ1v) is 11.8. The van der Waals surface area contributed by atoms with Crippen molar-refractivity contribution in [2.24, 2.45) is 0 Å². The Morgan fingerprint density at radius 2 is 1.49 bits per heavy atom. The molecule has 0 radical (unpaired) electrons. The molecule has 35 heavy (non-hydrogen) atoms. The molecular weight excluding hydrogens is 432 g/mol. The van der Waals surface area contributed by atoms with Gasteiger partial charge in [0.1, 0.15) is 11.6 Å². The molecule has 4 heterocycles. The number of aromatic nitrogens is 3. The van der Waals surface area contributed by atoms with Crippen LogP contribution in [0.15, 0.2) is 109 Å². The summed E-state index contributed by atoms with van der Waals surface area (Å²) in [6, 6.07) is 33.2. The molecular formula is C30H22N4O. The van der Waals surface area contributed by atoms with Gasteiger partial charge in [-0.25, -0.2) is 9.97 Å². The van der Waals surface area contributed by atoms with Gasteiger partial charge in [0, 0.05) is 54.1 Å². The molecule has 0 N–H and O–H groups in total. The van der Waals surface area contributed by atoms with E-state index in [1.807, 2.05) is 36.5 Å². The van der Waals surface area contributed by atoms with Gasteiger partial charge >= 0.3 is 0 Å². The average molecular weight is 455 g/mol. The highest BCUT2D eigenvalue weighted by Gasteiger charge is 2.20. The molecule has 1 saturated heterocycles. The van der Waals surface area contributed by atoms with Gasteiger partial charge in [-0.15, -0.1) is 0 Å². The maximum Gasteiger partial charge on any atom is 0.219 e. The van der Waals surface area contributed by atoms with Gasteiger partial charge in [-0.2, -0.15) is 0 Å². The summed E-state index contributed by atoms with van der Waals surface area (Å²) in [7, 11) is 0. The minimum absolute atomic E-state index is 0.581. The lowest BCUT2D eigenvalue weighted by Crippen LogP contribution is -1.99. The van der Waals surface area contributed by atoms with Crippen LogP contribution in [0.4, 0.5) is 5.69 Å². The summed E-state index contributed by atoms with van der Waals surface area (Å²) < 4.78 is 8.25. The van der Waals surface area contributed by atoms with Crippen molar-refractivity contribution in [2.75, 3.05) is 18.0 Å². The standard InChI is InChI=1S/C30H22N4O/c1-2-9-27-25(8-1)26-12-11-22(21-6-5-7-24(18-21)35-30-10-3-4-14-32-30)19-28(26)34(27)29-20-23(13-15-31-29)33-16-17-33/h1-15,18-20H,16-17H2. The Kier molecular flexibility index (Phi) is 4.52. The Bertz CT molecular complexity index is 1690. The van der Waals surface area contributed by atoms with Crippen LogP contribution >= 0.6 is 0 Å². The number of hydrogen-bond donors (Lipinski definition) is 0. The van der Waals surface area contributed by atoms with Crippen LogP contribution in [0.5, 0.6) is 11.6 Å². The highest BCUT2D eigenvalue weighted by molar-refractivity contribution is 6.10. The van der Waals surface area contributed by atoms with Crippen molar-refractivity contribution in [2.45, 2.75) is 0 Å². The lowest BCUT2D eigenvalue weighted by Gasteiger charge is -2.11. The van der Waals surface area contributed by atoms with E-state index in [1.54, 1.807) is 6.20 Å². The Labute approximate surface area is 202 Å². The van der Waals surface area contributed by atoms with Crippen LogP contribution < -0.4 is 9.64 Å². The number of nitrogens with zero attached hydrogens (tertiary/aromatic N) is 4. The fraction of sp³-hybridized carbons (Fsp3) is 0.0667. The van der Waals surface area contributed by atoms with E-state index in [9.17, 15) is 0 Å². The molecule has 0 unspecified atom stereocenters. The number of benzene rings is 3. The molecule has 0 spiro atoms. The smallest absolute Gasteiger partial charge is 0.219 e. The SMILES string of the molecule is c1ccc(Oc2cccc(-c3ccc4c5ccccc5n(-c5cc(N6CC6)ccn5)c4c3)c2)nc1. The zero-order valence-corrected chi connectivity index (χ0v) is 19.0. The maximum atomic E-state index is 5.98. The highest BCUT2D eigenvalue weighted by atomic mass is 16.5. The largest absolute Gasteiger partial charge is 0.439 e. The van der Waals surface area contributed by atoms with Gasteiger partial charge in [0.05, 0.1) is 11.0 Å². The summed E-state index contributed by atoms with van der Waals surface area (Å²) in [6.07, 6.45) is 3.64. The second-order valence-corrected chi connectivity index (χ2v) is 8.74. The van der Waals surface area contributed by atoms with Crippen molar-refractivity contribution < 1.29 is 4.74 Å². The van der Waals surface area contributed by atoms with Crippen LogP contribution in [0.3, 0.4) is 0 Å². The van der Waals surface area contributed by atoms with Gasteiger partial charge < -0.3 is 9.64 Å². The second-order valence-electron chi connectivity index (χ2n) is 8.74. The Morgan fingerprint density at radius 3 is 2.37 bits per heavy atom. The number of rotatable bonds is 5. The molecule has 0 amide bonds. The van der Waals surface area contributed by atoms with Crippen LogP contribution in [-0.4, -0.2) is 27.6 Å². The summed E-state index contributed by atoms with van der Waals surface area (Å²) in [6.45, 7) is 2.22. The Hall–Kier alpha value is -4.64. The molecule has 1 aliphatic heterocycles. The number of hydrogen-bond acceptors (Lipinski definition) is 4. The lowest BCUT2D eigenvalue weighted by molar-refractivity contribution is 0.463. The van der Waals surface area contributed by atoms with Crippen molar-refractivity contribution in [3.63, 3.8) is 0 Å². The molecule has 6 aromatic rings. The van der Waals surface area contributed by atoms with E-state index in [4.69, 9.17) is 9.72 Å². The fourth-order valence-corrected chi connectivity index (χ4v) is 4.70. The van der Waals surface area contributed by atoms with E-state index in [1.165, 1.54) is 16.5 Å². The van der Waals surface area contributed by atoms with Gasteiger partial charge in [-0.05, 0) is 47.5 Å². The van der Waals surface area contributed by atoms with Crippen molar-refractivity contribution >= 4 is 27.5 Å². The zero-order chi connectivity index (χ0) is 23.2. The fourth-order valence-electron chi connectivity index (χ4n) is 4.70. The van der Waals surface area contributed by atoms with Gasteiger partial charge in [0.15, 0.2) is 0 Å². The third kappa shape index (κ3) is 3.58. The number of anilines is 1. The molecule has 1 fully saturated rings. The lowest BCUT2D eigenvalue weighted by atomic mass is 10.0. The molecule has 1 aliphatic rings. The van der Waals surface area contributed by atoms with Crippen LogP contribution in [0.1, 0.15) is 0 Å². The molecule has 0 saturated carbocycles. The highest BCUT2D eigenvalue weighted by Crippen LogP contribution is 2.36. The summed E-state index contributed by atoms with van der Waals surface area (Å²) in [5, 5.41) is 2.43. The third-order valence-corrected chi connectivity index (χ3v) is 6.47. The van der Waals surface area contributed by atoms with Crippen LogP contribution in [0.25, 0.3) is 38.8 Å². The van der Waals surface area contributed by atoms with Gasteiger partial charge in [-0.1, -0.05) is 48.5 Å². The predicted octanol–water partition coefficient (Wildman–Crippen LogP) is 6.85. The monoisotopic (exact) mass is 454 g/mol.